The molecule has 0 unspecified atom stereocenters. The first-order valence-corrected chi connectivity index (χ1v) is 9.86. The number of imidazole rings is 1. The number of esters is 2. The van der Waals surface area contributed by atoms with Gasteiger partial charge in [0.1, 0.15) is 6.10 Å². The van der Waals surface area contributed by atoms with E-state index in [9.17, 15) is 9.59 Å². The molecule has 0 aromatic carbocycles. The van der Waals surface area contributed by atoms with Crippen LogP contribution in [-0.4, -0.2) is 34.2 Å². The van der Waals surface area contributed by atoms with Gasteiger partial charge in [-0.15, -0.1) is 0 Å². The molecule has 0 radical (unpaired) electrons. The van der Waals surface area contributed by atoms with Crippen molar-refractivity contribution in [2.24, 2.45) is 18.9 Å². The van der Waals surface area contributed by atoms with Gasteiger partial charge in [0.05, 0.1) is 18.9 Å². The van der Waals surface area contributed by atoms with Gasteiger partial charge in [-0.2, -0.15) is 0 Å². The van der Waals surface area contributed by atoms with Gasteiger partial charge in [-0.1, -0.05) is 33.1 Å². The second-order valence-electron chi connectivity index (χ2n) is 7.23. The second-order valence-corrected chi connectivity index (χ2v) is 7.23. The molecule has 26 heavy (non-hydrogen) atoms. The molecule has 0 saturated heterocycles. The van der Waals surface area contributed by atoms with Crippen molar-refractivity contribution in [3.05, 3.63) is 18.2 Å². The molecule has 1 aliphatic carbocycles. The molecule has 1 aromatic rings. The highest BCUT2D eigenvalue weighted by Gasteiger charge is 2.32. The molecule has 1 fully saturated rings. The van der Waals surface area contributed by atoms with Crippen LogP contribution in [0, 0.1) is 11.8 Å². The number of hydrogen-bond acceptors (Lipinski definition) is 5. The third kappa shape index (κ3) is 5.85. The van der Waals surface area contributed by atoms with Crippen LogP contribution < -0.4 is 0 Å². The van der Waals surface area contributed by atoms with Gasteiger partial charge in [0, 0.05) is 31.8 Å². The van der Waals surface area contributed by atoms with E-state index in [0.717, 1.165) is 18.5 Å². The van der Waals surface area contributed by atoms with E-state index >= 15 is 0 Å². The largest absolute Gasteiger partial charge is 0.465 e. The Balaban J connectivity index is 2.01. The van der Waals surface area contributed by atoms with Gasteiger partial charge >= 0.3 is 11.9 Å². The van der Waals surface area contributed by atoms with Crippen molar-refractivity contribution in [2.45, 2.75) is 71.3 Å². The number of ether oxygens (including phenoxy) is 2. The molecule has 146 valence electrons. The number of hydrogen-bond donors (Lipinski definition) is 0. The van der Waals surface area contributed by atoms with E-state index in [2.05, 4.69) is 4.98 Å². The molecule has 1 saturated carbocycles. The first kappa shape index (κ1) is 20.5. The molecule has 6 nitrogen and oxygen atoms in total. The number of aromatic nitrogens is 2. The maximum Gasteiger partial charge on any atom is 0.312 e. The first-order valence-electron chi connectivity index (χ1n) is 9.86. The maximum absolute atomic E-state index is 12.7. The smallest absolute Gasteiger partial charge is 0.312 e. The summed E-state index contributed by atoms with van der Waals surface area (Å²) >= 11 is 0. The standard InChI is InChI=1S/C20H32N2O4/c1-4-17(20(24)25-13-15-9-7-6-8-10-15)18(26-19(23)5-2)11-16-12-21-14-22(16)3/h12,14-15,17-18H,4-11,13H2,1-3H3/t17-,18+/m0/s1. The molecular weight excluding hydrogens is 332 g/mol. The second kappa shape index (κ2) is 10.3. The highest BCUT2D eigenvalue weighted by atomic mass is 16.6. The molecule has 1 heterocycles. The Bertz CT molecular complexity index is 578. The van der Waals surface area contributed by atoms with Crippen LogP contribution in [0.1, 0.15) is 64.5 Å². The molecule has 1 aromatic heterocycles. The van der Waals surface area contributed by atoms with Gasteiger partial charge in [0.25, 0.3) is 0 Å². The molecule has 2 rings (SSSR count). The summed E-state index contributed by atoms with van der Waals surface area (Å²) in [4.78, 5) is 28.7. The quantitative estimate of drug-likeness (QED) is 0.628. The zero-order valence-corrected chi connectivity index (χ0v) is 16.3. The van der Waals surface area contributed by atoms with E-state index in [1.165, 1.54) is 19.3 Å². The van der Waals surface area contributed by atoms with Crippen LogP contribution in [0.4, 0.5) is 0 Å². The summed E-state index contributed by atoms with van der Waals surface area (Å²) in [6.07, 6.45) is 10.2. The lowest BCUT2D eigenvalue weighted by molar-refractivity contribution is -0.163. The summed E-state index contributed by atoms with van der Waals surface area (Å²) in [6.45, 7) is 4.17. The highest BCUT2D eigenvalue weighted by molar-refractivity contribution is 5.74. The van der Waals surface area contributed by atoms with Crippen molar-refractivity contribution in [2.75, 3.05) is 6.61 Å². The van der Waals surface area contributed by atoms with Crippen molar-refractivity contribution in [3.63, 3.8) is 0 Å². The minimum Gasteiger partial charge on any atom is -0.465 e. The van der Waals surface area contributed by atoms with E-state index in [1.807, 2.05) is 18.5 Å². The van der Waals surface area contributed by atoms with Gasteiger partial charge in [-0.25, -0.2) is 4.98 Å². The van der Waals surface area contributed by atoms with Crippen LogP contribution in [0.25, 0.3) is 0 Å². The van der Waals surface area contributed by atoms with Crippen LogP contribution in [0.2, 0.25) is 0 Å². The van der Waals surface area contributed by atoms with Crippen LogP contribution in [0.15, 0.2) is 12.5 Å². The number of nitrogens with zero attached hydrogens (tertiary/aromatic N) is 2. The van der Waals surface area contributed by atoms with E-state index in [4.69, 9.17) is 9.47 Å². The Hall–Kier alpha value is -1.85. The third-order valence-electron chi connectivity index (χ3n) is 5.28. The van der Waals surface area contributed by atoms with Crippen molar-refractivity contribution < 1.29 is 19.1 Å². The van der Waals surface area contributed by atoms with Crippen LogP contribution in [0.5, 0.6) is 0 Å². The van der Waals surface area contributed by atoms with Crippen molar-refractivity contribution >= 4 is 11.9 Å². The molecule has 0 N–H and O–H groups in total. The van der Waals surface area contributed by atoms with E-state index in [0.29, 0.717) is 25.4 Å². The SMILES string of the molecule is CCC(=O)O[C@H](Cc1cncn1C)[C@H](CC)C(=O)OCC1CCCCC1. The highest BCUT2D eigenvalue weighted by Crippen LogP contribution is 2.25. The average Bonchev–Trinajstić information content (AvgIpc) is 3.06. The lowest BCUT2D eigenvalue weighted by Crippen LogP contribution is -2.36. The third-order valence-corrected chi connectivity index (χ3v) is 5.28. The summed E-state index contributed by atoms with van der Waals surface area (Å²) in [5, 5.41) is 0. The monoisotopic (exact) mass is 364 g/mol. The number of carbonyl (C=O) groups is 2. The first-order chi connectivity index (χ1) is 12.5. The van der Waals surface area contributed by atoms with Gasteiger partial charge in [0.2, 0.25) is 0 Å². The molecular formula is C20H32N2O4. The zero-order chi connectivity index (χ0) is 18.9. The van der Waals surface area contributed by atoms with E-state index < -0.39 is 12.0 Å². The number of aryl methyl sites for hydroxylation is 1. The van der Waals surface area contributed by atoms with Crippen LogP contribution >= 0.6 is 0 Å². The Kier molecular flexibility index (Phi) is 8.13. The Morgan fingerprint density at radius 3 is 2.58 bits per heavy atom. The molecule has 2 atom stereocenters. The van der Waals surface area contributed by atoms with Crippen molar-refractivity contribution in [1.29, 1.82) is 0 Å². The fourth-order valence-corrected chi connectivity index (χ4v) is 3.55. The summed E-state index contributed by atoms with van der Waals surface area (Å²) < 4.78 is 13.1. The fraction of sp³-hybridized carbons (Fsp3) is 0.750. The molecule has 0 bridgehead atoms. The van der Waals surface area contributed by atoms with Crippen LogP contribution in [0.3, 0.4) is 0 Å². The zero-order valence-electron chi connectivity index (χ0n) is 16.3. The fourth-order valence-electron chi connectivity index (χ4n) is 3.55. The lowest BCUT2D eigenvalue weighted by Gasteiger charge is -2.27. The van der Waals surface area contributed by atoms with Crippen molar-refractivity contribution in [1.82, 2.24) is 9.55 Å². The van der Waals surface area contributed by atoms with E-state index in [1.54, 1.807) is 19.4 Å². The Morgan fingerprint density at radius 2 is 2.00 bits per heavy atom. The maximum atomic E-state index is 12.7. The predicted octanol–water partition coefficient (Wildman–Crippen LogP) is 3.43. The molecule has 6 heteroatoms. The topological polar surface area (TPSA) is 70.4 Å². The summed E-state index contributed by atoms with van der Waals surface area (Å²) in [6, 6.07) is 0. The van der Waals surface area contributed by atoms with Gasteiger partial charge in [0.15, 0.2) is 0 Å². The minimum atomic E-state index is -0.526. The van der Waals surface area contributed by atoms with Gasteiger partial charge < -0.3 is 14.0 Å². The predicted molar refractivity (Wildman–Crippen MR) is 98.4 cm³/mol. The lowest BCUT2D eigenvalue weighted by atomic mass is 9.90. The van der Waals surface area contributed by atoms with E-state index in [-0.39, 0.29) is 18.4 Å². The number of rotatable bonds is 9. The normalized spacial score (nSPS) is 17.5. The molecule has 0 spiro atoms. The Morgan fingerprint density at radius 1 is 1.27 bits per heavy atom. The average molecular weight is 364 g/mol. The van der Waals surface area contributed by atoms with Crippen LogP contribution in [-0.2, 0) is 32.5 Å². The molecule has 0 amide bonds. The Labute approximate surface area is 156 Å². The minimum absolute atomic E-state index is 0.255. The van der Waals surface area contributed by atoms with Crippen molar-refractivity contribution in [3.8, 4) is 0 Å². The molecule has 1 aliphatic rings. The van der Waals surface area contributed by atoms with Gasteiger partial charge in [-0.05, 0) is 25.2 Å². The summed E-state index contributed by atoms with van der Waals surface area (Å²) in [5.41, 5.74) is 0.928. The summed E-state index contributed by atoms with van der Waals surface area (Å²) in [5.74, 6) is -0.534. The summed E-state index contributed by atoms with van der Waals surface area (Å²) in [7, 11) is 1.89. The number of carbonyl (C=O) groups excluding carboxylic acids is 2. The molecule has 0 aliphatic heterocycles. The van der Waals surface area contributed by atoms with Gasteiger partial charge in [-0.3, -0.25) is 9.59 Å².